The molecule has 22 heavy (non-hydrogen) atoms. The molecular weight excluding hydrogens is 272 g/mol. The van der Waals surface area contributed by atoms with E-state index in [-0.39, 0.29) is 0 Å². The van der Waals surface area contributed by atoms with Crippen LogP contribution in [0.1, 0.15) is 74.7 Å². The van der Waals surface area contributed by atoms with Crippen molar-refractivity contribution >= 4 is 0 Å². The zero-order valence-corrected chi connectivity index (χ0v) is 17.1. The van der Waals surface area contributed by atoms with Gasteiger partial charge in [-0.25, -0.2) is 0 Å². The van der Waals surface area contributed by atoms with Gasteiger partial charge in [0.1, 0.15) is 12.5 Å². The Kier molecular flexibility index (Phi) is 15.9. The van der Waals surface area contributed by atoms with Gasteiger partial charge in [0.05, 0.1) is 0 Å². The fraction of sp³-hybridized carbons (Fsp3) is 1.00. The van der Waals surface area contributed by atoms with E-state index in [1.54, 1.807) is 0 Å². The van der Waals surface area contributed by atoms with Crippen LogP contribution in [0.25, 0.3) is 0 Å². The van der Waals surface area contributed by atoms with E-state index >= 15 is 0 Å². The van der Waals surface area contributed by atoms with Crippen molar-refractivity contribution in [2.45, 2.75) is 87.1 Å². The van der Waals surface area contributed by atoms with Crippen LogP contribution in [0, 0.1) is 11.8 Å². The van der Waals surface area contributed by atoms with Gasteiger partial charge in [-0.2, -0.15) is 0 Å². The second-order valence-electron chi connectivity index (χ2n) is 6.75. The molecule has 1 rings (SSSR count). The predicted molar refractivity (Wildman–Crippen MR) is 100 cm³/mol. The van der Waals surface area contributed by atoms with Crippen molar-refractivity contribution in [3.05, 3.63) is 0 Å². The molecule has 0 saturated carbocycles. The Morgan fingerprint density at radius 1 is 0.909 bits per heavy atom. The first-order chi connectivity index (χ1) is 10.2. The molecule has 0 aliphatic carbocycles. The van der Waals surface area contributed by atoms with Crippen LogP contribution in [0.5, 0.6) is 0 Å². The molecule has 3 nitrogen and oxygen atoms in total. The Labute approximate surface area is 141 Å². The Morgan fingerprint density at radius 3 is 1.36 bits per heavy atom. The standard InChI is InChI=1S/C9H20.C5H11NO.C5H13N/c1-5-8(3)7-9(4)6-2;1-4-6(3)5(2)7-4;1-4-6(3)5-2/h8-9H,5-7H2,1-4H3;4-5H,1-3H3;4-5H2,1-3H3. The lowest BCUT2D eigenvalue weighted by Crippen LogP contribution is -2.52. The molecule has 0 bridgehead atoms. The highest BCUT2D eigenvalue weighted by atomic mass is 16.6. The maximum Gasteiger partial charge on any atom is 0.111 e. The zero-order valence-electron chi connectivity index (χ0n) is 17.1. The number of hydrogen-bond donors (Lipinski definition) is 0. The minimum absolute atomic E-state index is 0.343. The van der Waals surface area contributed by atoms with Crippen molar-refractivity contribution in [1.29, 1.82) is 0 Å². The van der Waals surface area contributed by atoms with Gasteiger partial charge in [-0.05, 0) is 59.3 Å². The molecular formula is C19H44N2O. The first-order valence-corrected chi connectivity index (χ1v) is 9.29. The number of nitrogens with zero attached hydrogens (tertiary/aromatic N) is 2. The molecule has 1 heterocycles. The van der Waals surface area contributed by atoms with E-state index in [2.05, 4.69) is 65.4 Å². The van der Waals surface area contributed by atoms with Crippen LogP contribution in [0.3, 0.4) is 0 Å². The van der Waals surface area contributed by atoms with Gasteiger partial charge < -0.3 is 9.64 Å². The summed E-state index contributed by atoms with van der Waals surface area (Å²) < 4.78 is 5.18. The van der Waals surface area contributed by atoms with Gasteiger partial charge in [-0.1, -0.05) is 54.4 Å². The summed E-state index contributed by atoms with van der Waals surface area (Å²) in [6.07, 6.45) is 4.77. The van der Waals surface area contributed by atoms with Crippen LogP contribution >= 0.6 is 0 Å². The first-order valence-electron chi connectivity index (χ1n) is 9.29. The molecule has 0 aromatic rings. The second kappa shape index (κ2) is 14.5. The van der Waals surface area contributed by atoms with E-state index in [1.165, 1.54) is 19.3 Å². The number of hydrogen-bond acceptors (Lipinski definition) is 3. The highest BCUT2D eigenvalue weighted by molar-refractivity contribution is 4.64. The van der Waals surface area contributed by atoms with E-state index < -0.39 is 0 Å². The third-order valence-corrected chi connectivity index (χ3v) is 4.82. The largest absolute Gasteiger partial charge is 0.345 e. The lowest BCUT2D eigenvalue weighted by Gasteiger charge is -2.42. The van der Waals surface area contributed by atoms with Gasteiger partial charge in [0, 0.05) is 0 Å². The Morgan fingerprint density at radius 2 is 1.27 bits per heavy atom. The Bertz CT molecular complexity index is 215. The van der Waals surface area contributed by atoms with Crippen LogP contribution in [-0.4, -0.2) is 49.4 Å². The summed E-state index contributed by atoms with van der Waals surface area (Å²) in [5, 5.41) is 0. The summed E-state index contributed by atoms with van der Waals surface area (Å²) in [7, 11) is 4.17. The maximum atomic E-state index is 5.18. The summed E-state index contributed by atoms with van der Waals surface area (Å²) in [6.45, 7) is 19.9. The average molecular weight is 317 g/mol. The Balaban J connectivity index is 0. The van der Waals surface area contributed by atoms with Crippen molar-refractivity contribution in [3.8, 4) is 0 Å². The molecule has 136 valence electrons. The summed E-state index contributed by atoms with van der Waals surface area (Å²) in [5.41, 5.74) is 0. The Hall–Kier alpha value is -0.120. The fourth-order valence-corrected chi connectivity index (χ4v) is 1.95. The molecule has 1 saturated heterocycles. The monoisotopic (exact) mass is 316 g/mol. The van der Waals surface area contributed by atoms with E-state index in [1.807, 2.05) is 13.8 Å². The normalized spacial score (nSPS) is 23.6. The van der Waals surface area contributed by atoms with Crippen LogP contribution in [-0.2, 0) is 4.74 Å². The third-order valence-electron chi connectivity index (χ3n) is 4.82. The zero-order chi connectivity index (χ0) is 17.7. The molecule has 0 N–H and O–H groups in total. The molecule has 0 aromatic heterocycles. The van der Waals surface area contributed by atoms with Crippen molar-refractivity contribution in [2.75, 3.05) is 27.2 Å². The van der Waals surface area contributed by atoms with Gasteiger partial charge >= 0.3 is 0 Å². The number of ether oxygens (including phenoxy) is 1. The van der Waals surface area contributed by atoms with Gasteiger partial charge in [-0.15, -0.1) is 0 Å². The van der Waals surface area contributed by atoms with Crippen LogP contribution in [0.15, 0.2) is 0 Å². The molecule has 1 aliphatic rings. The smallest absolute Gasteiger partial charge is 0.111 e. The molecule has 0 aromatic carbocycles. The highest BCUT2D eigenvalue weighted by Gasteiger charge is 2.27. The fourth-order valence-electron chi connectivity index (χ4n) is 1.95. The molecule has 4 atom stereocenters. The molecule has 0 spiro atoms. The van der Waals surface area contributed by atoms with Crippen molar-refractivity contribution in [1.82, 2.24) is 9.80 Å². The molecule has 1 aliphatic heterocycles. The average Bonchev–Trinajstić information content (AvgIpc) is 2.54. The van der Waals surface area contributed by atoms with Crippen LogP contribution in [0.2, 0.25) is 0 Å². The molecule has 3 heteroatoms. The van der Waals surface area contributed by atoms with E-state index in [0.717, 1.165) is 24.9 Å². The number of rotatable bonds is 6. The topological polar surface area (TPSA) is 15.7 Å². The van der Waals surface area contributed by atoms with E-state index in [0.29, 0.717) is 12.5 Å². The minimum Gasteiger partial charge on any atom is -0.345 e. The quantitative estimate of drug-likeness (QED) is 0.680. The lowest BCUT2D eigenvalue weighted by atomic mass is 9.94. The SMILES string of the molecule is CC1OC(C)N1C.CCC(C)CC(C)CC.CCN(C)CC. The lowest BCUT2D eigenvalue weighted by molar-refractivity contribution is -0.255. The van der Waals surface area contributed by atoms with Gasteiger partial charge in [0.2, 0.25) is 0 Å². The molecule has 0 amide bonds. The predicted octanol–water partition coefficient (Wildman–Crippen LogP) is 5.07. The third kappa shape index (κ3) is 12.4. The van der Waals surface area contributed by atoms with Gasteiger partial charge in [-0.3, -0.25) is 4.90 Å². The second-order valence-corrected chi connectivity index (χ2v) is 6.75. The van der Waals surface area contributed by atoms with Gasteiger partial charge in [0.25, 0.3) is 0 Å². The van der Waals surface area contributed by atoms with Crippen LogP contribution in [0.4, 0.5) is 0 Å². The van der Waals surface area contributed by atoms with Crippen LogP contribution < -0.4 is 0 Å². The van der Waals surface area contributed by atoms with Crippen molar-refractivity contribution in [3.63, 3.8) is 0 Å². The molecule has 1 fully saturated rings. The van der Waals surface area contributed by atoms with Crippen molar-refractivity contribution < 1.29 is 4.74 Å². The molecule has 0 radical (unpaired) electrons. The summed E-state index contributed by atoms with van der Waals surface area (Å²) >= 11 is 0. The molecule has 4 unspecified atom stereocenters. The van der Waals surface area contributed by atoms with Crippen molar-refractivity contribution in [2.24, 2.45) is 11.8 Å². The maximum absolute atomic E-state index is 5.18. The van der Waals surface area contributed by atoms with E-state index in [4.69, 9.17) is 4.74 Å². The minimum atomic E-state index is 0.343. The first kappa shape index (κ1) is 24.1. The summed E-state index contributed by atoms with van der Waals surface area (Å²) in [4.78, 5) is 4.42. The van der Waals surface area contributed by atoms with Gasteiger partial charge in [0.15, 0.2) is 0 Å². The summed E-state index contributed by atoms with van der Waals surface area (Å²) in [5.74, 6) is 1.86. The highest BCUT2D eigenvalue weighted by Crippen LogP contribution is 2.17. The summed E-state index contributed by atoms with van der Waals surface area (Å²) in [6, 6.07) is 0. The van der Waals surface area contributed by atoms with E-state index in [9.17, 15) is 0 Å².